The van der Waals surface area contributed by atoms with Crippen LogP contribution in [0.4, 0.5) is 4.39 Å². The van der Waals surface area contributed by atoms with E-state index in [9.17, 15) is 12.8 Å². The van der Waals surface area contributed by atoms with Crippen molar-refractivity contribution in [2.24, 2.45) is 5.41 Å². The van der Waals surface area contributed by atoms with Crippen LogP contribution in [0.25, 0.3) is 10.9 Å². The molecule has 138 valence electrons. The monoisotopic (exact) mass is 430 g/mol. The highest BCUT2D eigenvalue weighted by molar-refractivity contribution is 9.09. The van der Waals surface area contributed by atoms with Gasteiger partial charge < -0.3 is 4.98 Å². The van der Waals surface area contributed by atoms with Crippen molar-refractivity contribution >= 4 is 36.9 Å². The summed E-state index contributed by atoms with van der Waals surface area (Å²) >= 11 is 3.48. The van der Waals surface area contributed by atoms with E-state index >= 15 is 0 Å². The molecule has 0 aliphatic heterocycles. The number of halogens is 2. The Bertz CT molecular complexity index is 873. The molecular weight excluding hydrogens is 407 g/mol. The molecular formula is C18H24BrFN2O2S. The van der Waals surface area contributed by atoms with Crippen LogP contribution in [0.2, 0.25) is 0 Å². The number of fused-ring (bicyclic) bond motifs is 1. The molecule has 1 heterocycles. The standard InChI is InChI=1S/C18H24BrFN2O2S/c1-18(2,11-19)9-13-7-17-15(8-16(13)20)12(10-21-17)5-6-22-25(23,24)14-3-4-14/h7-8,10,14,21-22H,3-6,9,11H2,1-2H3. The maximum absolute atomic E-state index is 14.5. The summed E-state index contributed by atoms with van der Waals surface area (Å²) in [6.07, 6.45) is 4.53. The maximum atomic E-state index is 14.5. The molecule has 1 aromatic carbocycles. The van der Waals surface area contributed by atoms with Gasteiger partial charge in [-0.1, -0.05) is 29.8 Å². The average molecular weight is 431 g/mol. The van der Waals surface area contributed by atoms with Crippen LogP contribution < -0.4 is 4.72 Å². The quantitative estimate of drug-likeness (QED) is 0.623. The van der Waals surface area contributed by atoms with Gasteiger partial charge in [0.05, 0.1) is 5.25 Å². The third-order valence-electron chi connectivity index (χ3n) is 4.63. The largest absolute Gasteiger partial charge is 0.361 e. The van der Waals surface area contributed by atoms with E-state index in [0.29, 0.717) is 24.9 Å². The van der Waals surface area contributed by atoms with Gasteiger partial charge in [0.25, 0.3) is 0 Å². The molecule has 0 spiro atoms. The fourth-order valence-corrected chi connectivity index (χ4v) is 4.55. The smallest absolute Gasteiger partial charge is 0.214 e. The van der Waals surface area contributed by atoms with E-state index in [1.54, 1.807) is 6.07 Å². The van der Waals surface area contributed by atoms with Crippen molar-refractivity contribution in [2.75, 3.05) is 11.9 Å². The van der Waals surface area contributed by atoms with E-state index in [-0.39, 0.29) is 16.5 Å². The summed E-state index contributed by atoms with van der Waals surface area (Å²) in [6, 6.07) is 3.43. The van der Waals surface area contributed by atoms with Gasteiger partial charge in [-0.15, -0.1) is 0 Å². The van der Waals surface area contributed by atoms with Crippen molar-refractivity contribution in [3.05, 3.63) is 35.3 Å². The Balaban J connectivity index is 1.74. The zero-order valence-corrected chi connectivity index (χ0v) is 16.9. The van der Waals surface area contributed by atoms with Gasteiger partial charge in [-0.25, -0.2) is 17.5 Å². The number of benzene rings is 1. The highest BCUT2D eigenvalue weighted by Crippen LogP contribution is 2.30. The van der Waals surface area contributed by atoms with Gasteiger partial charge in [0.15, 0.2) is 0 Å². The molecule has 0 amide bonds. The van der Waals surface area contributed by atoms with Crippen LogP contribution >= 0.6 is 15.9 Å². The van der Waals surface area contributed by atoms with Crippen molar-refractivity contribution < 1.29 is 12.8 Å². The summed E-state index contributed by atoms with van der Waals surface area (Å²) in [5.74, 6) is -0.207. The first-order chi connectivity index (χ1) is 11.7. The number of hydrogen-bond donors (Lipinski definition) is 2. The van der Waals surface area contributed by atoms with Gasteiger partial charge in [0.1, 0.15) is 5.82 Å². The number of nitrogens with one attached hydrogen (secondary N) is 2. The normalized spacial score (nSPS) is 15.8. The summed E-state index contributed by atoms with van der Waals surface area (Å²) in [5, 5.41) is 1.41. The SMILES string of the molecule is CC(C)(CBr)Cc1cc2[nH]cc(CCNS(=O)(=O)C3CC3)c2cc1F. The van der Waals surface area contributed by atoms with Crippen LogP contribution in [-0.2, 0) is 22.9 Å². The van der Waals surface area contributed by atoms with Crippen molar-refractivity contribution in [1.29, 1.82) is 0 Å². The van der Waals surface area contributed by atoms with Gasteiger partial charge in [0, 0.05) is 29.0 Å². The molecule has 0 saturated heterocycles. The van der Waals surface area contributed by atoms with E-state index < -0.39 is 10.0 Å². The molecule has 3 rings (SSSR count). The van der Waals surface area contributed by atoms with Crippen LogP contribution in [0, 0.1) is 11.2 Å². The second-order valence-corrected chi connectivity index (χ2v) is 10.3. The first-order valence-corrected chi connectivity index (χ1v) is 11.2. The summed E-state index contributed by atoms with van der Waals surface area (Å²) < 4.78 is 40.9. The van der Waals surface area contributed by atoms with Crippen LogP contribution in [0.5, 0.6) is 0 Å². The molecule has 0 bridgehead atoms. The molecule has 1 saturated carbocycles. The minimum atomic E-state index is -3.17. The first-order valence-electron chi connectivity index (χ1n) is 8.55. The second kappa shape index (κ2) is 7.00. The number of aromatic amines is 1. The molecule has 0 atom stereocenters. The average Bonchev–Trinajstić information content (AvgIpc) is 3.33. The molecule has 4 nitrogen and oxygen atoms in total. The fourth-order valence-electron chi connectivity index (χ4n) is 2.98. The highest BCUT2D eigenvalue weighted by Gasteiger charge is 2.35. The fraction of sp³-hybridized carbons (Fsp3) is 0.556. The lowest BCUT2D eigenvalue weighted by molar-refractivity contribution is 0.415. The maximum Gasteiger partial charge on any atom is 0.214 e. The molecule has 25 heavy (non-hydrogen) atoms. The molecule has 1 aliphatic rings. The highest BCUT2D eigenvalue weighted by atomic mass is 79.9. The minimum absolute atomic E-state index is 0.0228. The van der Waals surface area contributed by atoms with E-state index in [1.165, 1.54) is 0 Å². The van der Waals surface area contributed by atoms with Gasteiger partial charge >= 0.3 is 0 Å². The number of sulfonamides is 1. The summed E-state index contributed by atoms with van der Waals surface area (Å²) in [7, 11) is -3.17. The topological polar surface area (TPSA) is 62.0 Å². The van der Waals surface area contributed by atoms with Crippen LogP contribution in [-0.4, -0.2) is 30.5 Å². The van der Waals surface area contributed by atoms with Gasteiger partial charge in [-0.2, -0.15) is 0 Å². The Morgan fingerprint density at radius 1 is 1.32 bits per heavy atom. The summed E-state index contributed by atoms with van der Waals surface area (Å²) in [6.45, 7) is 4.53. The number of rotatable bonds is 8. The second-order valence-electron chi connectivity index (χ2n) is 7.67. The molecule has 7 heteroatoms. The Morgan fingerprint density at radius 2 is 2.04 bits per heavy atom. The Morgan fingerprint density at radius 3 is 2.68 bits per heavy atom. The summed E-state index contributed by atoms with van der Waals surface area (Å²) in [4.78, 5) is 3.19. The number of alkyl halides is 1. The van der Waals surface area contributed by atoms with Crippen LogP contribution in [0.15, 0.2) is 18.3 Å². The van der Waals surface area contributed by atoms with Crippen LogP contribution in [0.1, 0.15) is 37.8 Å². The molecule has 2 aromatic rings. The first kappa shape index (κ1) is 18.9. The van der Waals surface area contributed by atoms with E-state index in [4.69, 9.17) is 0 Å². The summed E-state index contributed by atoms with van der Waals surface area (Å²) in [5.41, 5.74) is 2.49. The van der Waals surface area contributed by atoms with E-state index in [0.717, 1.165) is 34.6 Å². The Labute approximate surface area is 156 Å². The molecule has 1 fully saturated rings. The molecule has 2 N–H and O–H groups in total. The molecule has 0 radical (unpaired) electrons. The van der Waals surface area contributed by atoms with Gasteiger partial charge in [0.2, 0.25) is 10.0 Å². The van der Waals surface area contributed by atoms with Crippen molar-refractivity contribution in [2.45, 2.75) is 44.8 Å². The Hall–Kier alpha value is -0.920. The van der Waals surface area contributed by atoms with Crippen molar-refractivity contribution in [1.82, 2.24) is 9.71 Å². The third-order valence-corrected chi connectivity index (χ3v) is 8.10. The minimum Gasteiger partial charge on any atom is -0.361 e. The third kappa shape index (κ3) is 4.44. The predicted molar refractivity (Wildman–Crippen MR) is 103 cm³/mol. The Kier molecular flexibility index (Phi) is 5.28. The van der Waals surface area contributed by atoms with Gasteiger partial charge in [-0.3, -0.25) is 0 Å². The number of aromatic nitrogens is 1. The lowest BCUT2D eigenvalue weighted by Gasteiger charge is -2.21. The molecule has 1 aromatic heterocycles. The molecule has 1 aliphatic carbocycles. The van der Waals surface area contributed by atoms with Crippen molar-refractivity contribution in [3.8, 4) is 0 Å². The zero-order chi connectivity index (χ0) is 18.2. The van der Waals surface area contributed by atoms with E-state index in [2.05, 4.69) is 39.5 Å². The zero-order valence-electron chi connectivity index (χ0n) is 14.5. The number of hydrogen-bond acceptors (Lipinski definition) is 2. The number of H-pyrrole nitrogens is 1. The van der Waals surface area contributed by atoms with Crippen LogP contribution in [0.3, 0.4) is 0 Å². The lowest BCUT2D eigenvalue weighted by atomic mass is 9.87. The predicted octanol–water partition coefficient (Wildman–Crippen LogP) is 3.89. The molecule has 0 unspecified atom stereocenters. The lowest BCUT2D eigenvalue weighted by Crippen LogP contribution is -2.29. The van der Waals surface area contributed by atoms with E-state index in [1.807, 2.05) is 12.3 Å². The van der Waals surface area contributed by atoms with Crippen molar-refractivity contribution in [3.63, 3.8) is 0 Å². The van der Waals surface area contributed by atoms with Gasteiger partial charge in [-0.05, 0) is 54.4 Å².